The summed E-state index contributed by atoms with van der Waals surface area (Å²) in [7, 11) is 0. The predicted molar refractivity (Wildman–Crippen MR) is 48.4 cm³/mol. The molecular weight excluding hydrogens is 213 g/mol. The first kappa shape index (κ1) is 9.33. The molecular formula is C9H5F3OS. The van der Waals surface area contributed by atoms with Crippen LogP contribution in [0.15, 0.2) is 17.5 Å². The highest BCUT2D eigenvalue weighted by molar-refractivity contribution is 7.17. The molecule has 1 N–H and O–H groups in total. The van der Waals surface area contributed by atoms with Crippen LogP contribution in [0, 0.1) is 5.82 Å². The molecule has 5 heteroatoms. The second kappa shape index (κ2) is 3.16. The zero-order chi connectivity index (χ0) is 10.3. The van der Waals surface area contributed by atoms with Crippen LogP contribution in [0.4, 0.5) is 13.2 Å². The van der Waals surface area contributed by atoms with E-state index < -0.39 is 18.0 Å². The normalized spacial score (nSPS) is 11.4. The van der Waals surface area contributed by atoms with Crippen LogP contribution in [-0.2, 0) is 0 Å². The molecule has 1 aromatic carbocycles. The van der Waals surface area contributed by atoms with Crippen molar-refractivity contribution in [1.29, 1.82) is 0 Å². The Bertz CT molecular complexity index is 478. The number of phenols is 1. The lowest BCUT2D eigenvalue weighted by Gasteiger charge is -2.04. The van der Waals surface area contributed by atoms with Gasteiger partial charge in [0.15, 0.2) is 11.6 Å². The molecule has 14 heavy (non-hydrogen) atoms. The van der Waals surface area contributed by atoms with Gasteiger partial charge in [-0.3, -0.25) is 0 Å². The average Bonchev–Trinajstić information content (AvgIpc) is 2.59. The fraction of sp³-hybridized carbons (Fsp3) is 0.111. The van der Waals surface area contributed by atoms with Gasteiger partial charge in [-0.05, 0) is 17.5 Å². The fourth-order valence-corrected chi connectivity index (χ4v) is 2.20. The van der Waals surface area contributed by atoms with E-state index in [1.165, 1.54) is 11.4 Å². The van der Waals surface area contributed by atoms with Crippen molar-refractivity contribution in [1.82, 2.24) is 0 Å². The first-order valence-electron chi connectivity index (χ1n) is 3.78. The van der Waals surface area contributed by atoms with Crippen LogP contribution >= 0.6 is 11.3 Å². The standard InChI is InChI=1S/C9H5F3OS/c10-6-3-5(9(11)12)8-4(7(6)13)1-2-14-8/h1-3,9,13H. The summed E-state index contributed by atoms with van der Waals surface area (Å²) in [6, 6.07) is 2.10. The van der Waals surface area contributed by atoms with E-state index in [1.54, 1.807) is 0 Å². The second-order valence-corrected chi connectivity index (χ2v) is 3.68. The summed E-state index contributed by atoms with van der Waals surface area (Å²) in [4.78, 5) is 0. The van der Waals surface area contributed by atoms with Gasteiger partial charge < -0.3 is 5.11 Å². The molecule has 1 nitrogen and oxygen atoms in total. The Morgan fingerprint density at radius 1 is 1.36 bits per heavy atom. The second-order valence-electron chi connectivity index (χ2n) is 2.76. The van der Waals surface area contributed by atoms with E-state index in [0.717, 1.165) is 11.3 Å². The van der Waals surface area contributed by atoms with E-state index in [0.29, 0.717) is 6.07 Å². The summed E-state index contributed by atoms with van der Waals surface area (Å²) < 4.78 is 38.1. The fourth-order valence-electron chi connectivity index (χ4n) is 1.28. The topological polar surface area (TPSA) is 20.2 Å². The highest BCUT2D eigenvalue weighted by Gasteiger charge is 2.18. The highest BCUT2D eigenvalue weighted by atomic mass is 32.1. The molecule has 2 rings (SSSR count). The van der Waals surface area contributed by atoms with Crippen molar-refractivity contribution in [2.75, 3.05) is 0 Å². The Morgan fingerprint density at radius 2 is 2.07 bits per heavy atom. The molecule has 0 aliphatic heterocycles. The van der Waals surface area contributed by atoms with Crippen molar-refractivity contribution in [3.05, 3.63) is 28.9 Å². The number of hydrogen-bond donors (Lipinski definition) is 1. The molecule has 0 saturated carbocycles. The molecule has 0 aliphatic carbocycles. The summed E-state index contributed by atoms with van der Waals surface area (Å²) in [5.41, 5.74) is -0.370. The Morgan fingerprint density at radius 3 is 2.71 bits per heavy atom. The predicted octanol–water partition coefficient (Wildman–Crippen LogP) is 3.68. The third-order valence-electron chi connectivity index (χ3n) is 1.93. The number of halogens is 3. The number of alkyl halides is 2. The maximum absolute atomic E-state index is 13.0. The zero-order valence-corrected chi connectivity index (χ0v) is 7.62. The highest BCUT2D eigenvalue weighted by Crippen LogP contribution is 2.38. The summed E-state index contributed by atoms with van der Waals surface area (Å²) in [5, 5.41) is 10.9. The first-order chi connectivity index (χ1) is 6.61. The van der Waals surface area contributed by atoms with E-state index in [1.807, 2.05) is 0 Å². The number of benzene rings is 1. The third kappa shape index (κ3) is 1.24. The van der Waals surface area contributed by atoms with Crippen molar-refractivity contribution >= 4 is 21.4 Å². The average molecular weight is 218 g/mol. The van der Waals surface area contributed by atoms with Gasteiger partial charge in [0, 0.05) is 15.6 Å². The maximum Gasteiger partial charge on any atom is 0.265 e. The van der Waals surface area contributed by atoms with Crippen molar-refractivity contribution in [2.45, 2.75) is 6.43 Å². The van der Waals surface area contributed by atoms with Gasteiger partial charge in [0.1, 0.15) is 0 Å². The van der Waals surface area contributed by atoms with Crippen LogP contribution in [0.25, 0.3) is 10.1 Å². The molecule has 0 amide bonds. The smallest absolute Gasteiger partial charge is 0.265 e. The quantitative estimate of drug-likeness (QED) is 0.774. The van der Waals surface area contributed by atoms with E-state index in [9.17, 15) is 18.3 Å². The number of rotatable bonds is 1. The van der Waals surface area contributed by atoms with Crippen LogP contribution in [0.1, 0.15) is 12.0 Å². The van der Waals surface area contributed by atoms with Crippen molar-refractivity contribution in [2.24, 2.45) is 0 Å². The van der Waals surface area contributed by atoms with Crippen LogP contribution in [-0.4, -0.2) is 5.11 Å². The lowest BCUT2D eigenvalue weighted by molar-refractivity contribution is 0.153. The molecule has 1 aromatic heterocycles. The van der Waals surface area contributed by atoms with Crippen molar-refractivity contribution < 1.29 is 18.3 Å². The largest absolute Gasteiger partial charge is 0.504 e. The van der Waals surface area contributed by atoms with Gasteiger partial charge in [-0.25, -0.2) is 13.2 Å². The Balaban J connectivity index is 2.84. The third-order valence-corrected chi connectivity index (χ3v) is 2.89. The van der Waals surface area contributed by atoms with Crippen LogP contribution < -0.4 is 0 Å². The van der Waals surface area contributed by atoms with Gasteiger partial charge in [-0.2, -0.15) is 0 Å². The van der Waals surface area contributed by atoms with Gasteiger partial charge in [0.2, 0.25) is 0 Å². The van der Waals surface area contributed by atoms with Crippen molar-refractivity contribution in [3.8, 4) is 5.75 Å². The lowest BCUT2D eigenvalue weighted by Crippen LogP contribution is -1.87. The van der Waals surface area contributed by atoms with Gasteiger partial charge in [-0.15, -0.1) is 11.3 Å². The molecule has 0 aliphatic rings. The van der Waals surface area contributed by atoms with Crippen LogP contribution in [0.2, 0.25) is 0 Å². The molecule has 0 fully saturated rings. The zero-order valence-electron chi connectivity index (χ0n) is 6.80. The molecule has 0 saturated heterocycles. The summed E-state index contributed by atoms with van der Waals surface area (Å²) in [6.45, 7) is 0. The molecule has 74 valence electrons. The molecule has 1 heterocycles. The van der Waals surface area contributed by atoms with Crippen molar-refractivity contribution in [3.63, 3.8) is 0 Å². The minimum atomic E-state index is -2.73. The van der Waals surface area contributed by atoms with E-state index in [4.69, 9.17) is 0 Å². The number of thiophene rings is 1. The van der Waals surface area contributed by atoms with E-state index >= 15 is 0 Å². The SMILES string of the molecule is Oc1c(F)cc(C(F)F)c2sccc12. The first-order valence-corrected chi connectivity index (χ1v) is 4.66. The van der Waals surface area contributed by atoms with E-state index in [-0.39, 0.29) is 15.6 Å². The monoisotopic (exact) mass is 218 g/mol. The summed E-state index contributed by atoms with van der Waals surface area (Å²) in [5.74, 6) is -1.57. The lowest BCUT2D eigenvalue weighted by atomic mass is 10.1. The number of fused-ring (bicyclic) bond motifs is 1. The molecule has 0 radical (unpaired) electrons. The van der Waals surface area contributed by atoms with Crippen LogP contribution in [0.5, 0.6) is 5.75 Å². The Labute approximate surface area is 81.4 Å². The molecule has 0 unspecified atom stereocenters. The molecule has 0 atom stereocenters. The Kier molecular flexibility index (Phi) is 2.11. The Hall–Kier alpha value is -1.23. The number of hydrogen-bond acceptors (Lipinski definition) is 2. The maximum atomic E-state index is 13.0. The molecule has 0 spiro atoms. The molecule has 0 bridgehead atoms. The van der Waals surface area contributed by atoms with Crippen LogP contribution in [0.3, 0.4) is 0 Å². The summed E-state index contributed by atoms with van der Waals surface area (Å²) >= 11 is 1.06. The number of phenolic OH excluding ortho intramolecular Hbond substituents is 1. The molecule has 2 aromatic rings. The van der Waals surface area contributed by atoms with Gasteiger partial charge >= 0.3 is 0 Å². The van der Waals surface area contributed by atoms with Gasteiger partial charge in [0.05, 0.1) is 0 Å². The van der Waals surface area contributed by atoms with Gasteiger partial charge in [-0.1, -0.05) is 0 Å². The minimum absolute atomic E-state index is 0.144. The number of aromatic hydroxyl groups is 1. The van der Waals surface area contributed by atoms with E-state index in [2.05, 4.69) is 0 Å². The minimum Gasteiger partial charge on any atom is -0.504 e. The van der Waals surface area contributed by atoms with Gasteiger partial charge in [0.25, 0.3) is 6.43 Å². The summed E-state index contributed by atoms with van der Waals surface area (Å²) in [6.07, 6.45) is -2.73.